The minimum absolute atomic E-state index is 0.165. The van der Waals surface area contributed by atoms with Crippen LogP contribution in [0.1, 0.15) is 41.5 Å². The molecule has 0 bridgehead atoms. The molecule has 2 aromatic rings. The standard InChI is InChI=1S/C36H46N8O16S2/c1-15(45)55-21-13-53-31(27(59-19(5)49)25(21)57-17(3)47)39-29-23(33(51)43(7)35(41-29)61-9)37-11-12-38-24-30(42-36(62-10)44(8)34(24)52)40-32-28(60-20(6)50)26(58-18(4)48)22(14-54-32)56-16(2)46/h11-12,21-22,25-28,31-32,39-40H,13-14H2,1-10H3/t21-,22-,25-,26-,27-,28+,31+,32+/m0/s1. The molecule has 0 aromatic carbocycles. The zero-order valence-electron chi connectivity index (χ0n) is 35.2. The van der Waals surface area contributed by atoms with Gasteiger partial charge in [-0.3, -0.25) is 47.5 Å². The van der Waals surface area contributed by atoms with E-state index in [9.17, 15) is 38.4 Å². The minimum atomic E-state index is -1.42. The van der Waals surface area contributed by atoms with E-state index in [1.54, 1.807) is 12.5 Å². The van der Waals surface area contributed by atoms with Crippen molar-refractivity contribution in [3.8, 4) is 0 Å². The van der Waals surface area contributed by atoms with Crippen LogP contribution in [-0.2, 0) is 80.8 Å². The molecule has 2 aromatic heterocycles. The number of carbonyl (C=O) groups excluding carboxylic acids is 6. The van der Waals surface area contributed by atoms with Crippen molar-refractivity contribution >= 4 is 94.8 Å². The summed E-state index contributed by atoms with van der Waals surface area (Å²) in [5.74, 6) is -4.90. The molecule has 0 spiro atoms. The highest BCUT2D eigenvalue weighted by molar-refractivity contribution is 7.98. The number of hydrogen-bond acceptors (Lipinski definition) is 24. The molecule has 4 rings (SSSR count). The Bertz CT molecular complexity index is 2080. The summed E-state index contributed by atoms with van der Waals surface area (Å²) in [6.45, 7) is 6.07. The number of rotatable bonds is 15. The van der Waals surface area contributed by atoms with E-state index in [0.717, 1.165) is 77.5 Å². The van der Waals surface area contributed by atoms with E-state index in [4.69, 9.17) is 37.9 Å². The summed E-state index contributed by atoms with van der Waals surface area (Å²) in [6.07, 6.45) is -4.98. The fraction of sp³-hybridized carbons (Fsp3) is 0.556. The number of hydrogen-bond donors (Lipinski definition) is 2. The maximum atomic E-state index is 13.7. The lowest BCUT2D eigenvalue weighted by Gasteiger charge is -2.40. The number of aromatic nitrogens is 4. The fourth-order valence-electron chi connectivity index (χ4n) is 6.16. The molecule has 26 heteroatoms. The average Bonchev–Trinajstić information content (AvgIpc) is 3.18. The third-order valence-electron chi connectivity index (χ3n) is 8.55. The predicted molar refractivity (Wildman–Crippen MR) is 219 cm³/mol. The molecule has 0 radical (unpaired) electrons. The third kappa shape index (κ3) is 12.4. The number of anilines is 2. The van der Waals surface area contributed by atoms with Crippen LogP contribution in [-0.4, -0.2) is 142 Å². The lowest BCUT2D eigenvalue weighted by Crippen LogP contribution is -2.59. The molecule has 4 heterocycles. The second kappa shape index (κ2) is 21.8. The first-order chi connectivity index (χ1) is 29.2. The SMILES string of the molecule is CSc1nc(N[C@@H]2OC[C@H](OC(C)=O)[C@H](OC(C)=O)[C@H]2OC(C)=O)c(N=CC=Nc2c(N[C@@H]3OC[C@H](OC(C)=O)[C@H](OC(C)=O)[C@@H]3OC(C)=O)nc(SC)n(C)c2=O)c(=O)n1C. The van der Waals surface area contributed by atoms with Crippen molar-refractivity contribution in [3.63, 3.8) is 0 Å². The summed E-state index contributed by atoms with van der Waals surface area (Å²) in [7, 11) is 2.91. The van der Waals surface area contributed by atoms with Gasteiger partial charge in [0.25, 0.3) is 11.1 Å². The van der Waals surface area contributed by atoms with Crippen molar-refractivity contribution in [1.82, 2.24) is 19.1 Å². The van der Waals surface area contributed by atoms with Crippen LogP contribution in [0.4, 0.5) is 23.0 Å². The molecule has 2 saturated heterocycles. The maximum Gasteiger partial charge on any atom is 0.303 e. The van der Waals surface area contributed by atoms with Gasteiger partial charge in [-0.25, -0.2) is 20.0 Å². The summed E-state index contributed by atoms with van der Waals surface area (Å²) in [5, 5.41) is 6.26. The van der Waals surface area contributed by atoms with Gasteiger partial charge in [0.2, 0.25) is 0 Å². The van der Waals surface area contributed by atoms with E-state index in [2.05, 4.69) is 30.6 Å². The molecule has 338 valence electrons. The Morgan fingerprint density at radius 2 is 0.887 bits per heavy atom. The first-order valence-electron chi connectivity index (χ1n) is 18.4. The van der Waals surface area contributed by atoms with Crippen LogP contribution in [0.25, 0.3) is 0 Å². The van der Waals surface area contributed by atoms with Gasteiger partial charge < -0.3 is 48.5 Å². The van der Waals surface area contributed by atoms with Crippen LogP contribution >= 0.6 is 23.5 Å². The molecule has 2 fully saturated rings. The predicted octanol–water partition coefficient (Wildman–Crippen LogP) is 0.549. The Balaban J connectivity index is 1.75. The highest BCUT2D eigenvalue weighted by Gasteiger charge is 2.49. The average molecular weight is 911 g/mol. The Morgan fingerprint density at radius 1 is 0.581 bits per heavy atom. The molecular weight excluding hydrogens is 865 g/mol. The van der Waals surface area contributed by atoms with Gasteiger partial charge in [-0.15, -0.1) is 0 Å². The Labute approximate surface area is 361 Å². The zero-order chi connectivity index (χ0) is 46.0. The second-order valence-electron chi connectivity index (χ2n) is 13.3. The van der Waals surface area contributed by atoms with Crippen molar-refractivity contribution in [2.45, 2.75) is 101 Å². The van der Waals surface area contributed by atoms with Crippen LogP contribution in [0.5, 0.6) is 0 Å². The molecule has 0 amide bonds. The molecule has 0 unspecified atom stereocenters. The molecule has 8 atom stereocenters. The van der Waals surface area contributed by atoms with Gasteiger partial charge >= 0.3 is 35.8 Å². The van der Waals surface area contributed by atoms with Crippen molar-refractivity contribution in [2.24, 2.45) is 24.1 Å². The Morgan fingerprint density at radius 3 is 1.18 bits per heavy atom. The summed E-state index contributed by atoms with van der Waals surface area (Å²) >= 11 is 2.24. The van der Waals surface area contributed by atoms with Crippen LogP contribution in [0.3, 0.4) is 0 Å². The Hall–Kier alpha value is -5.86. The highest BCUT2D eigenvalue weighted by Crippen LogP contribution is 2.31. The van der Waals surface area contributed by atoms with E-state index < -0.39 is 96.0 Å². The first-order valence-corrected chi connectivity index (χ1v) is 20.9. The lowest BCUT2D eigenvalue weighted by molar-refractivity contribution is -0.221. The number of thioether (sulfide) groups is 2. The van der Waals surface area contributed by atoms with Crippen molar-refractivity contribution in [1.29, 1.82) is 0 Å². The molecule has 62 heavy (non-hydrogen) atoms. The first kappa shape index (κ1) is 48.8. The van der Waals surface area contributed by atoms with Gasteiger partial charge in [0.1, 0.15) is 0 Å². The lowest BCUT2D eigenvalue weighted by atomic mass is 10.0. The summed E-state index contributed by atoms with van der Waals surface area (Å²) < 4.78 is 46.5. The van der Waals surface area contributed by atoms with Crippen LogP contribution in [0.15, 0.2) is 29.9 Å². The number of carbonyl (C=O) groups is 6. The summed E-state index contributed by atoms with van der Waals surface area (Å²) in [5.41, 5.74) is -1.91. The third-order valence-corrected chi connectivity index (χ3v) is 10.0. The number of nitrogens with zero attached hydrogens (tertiary/aromatic N) is 6. The van der Waals surface area contributed by atoms with E-state index in [1.807, 2.05) is 0 Å². The van der Waals surface area contributed by atoms with Gasteiger partial charge in [0, 0.05) is 68.1 Å². The van der Waals surface area contributed by atoms with Gasteiger partial charge in [-0.2, -0.15) is 0 Å². The molecule has 0 aliphatic carbocycles. The minimum Gasteiger partial charge on any atom is -0.456 e. The normalized spacial score (nSPS) is 23.6. The molecular formula is C36H46N8O16S2. The second-order valence-corrected chi connectivity index (χ2v) is 14.8. The number of ether oxygens (including phenoxy) is 8. The molecule has 0 saturated carbocycles. The molecule has 2 aliphatic heterocycles. The number of esters is 6. The molecule has 2 N–H and O–H groups in total. The van der Waals surface area contributed by atoms with E-state index in [0.29, 0.717) is 0 Å². The molecule has 24 nitrogen and oxygen atoms in total. The number of nitrogens with one attached hydrogen (secondary N) is 2. The largest absolute Gasteiger partial charge is 0.456 e. The highest BCUT2D eigenvalue weighted by atomic mass is 32.2. The summed E-state index contributed by atoms with van der Waals surface area (Å²) in [6, 6.07) is 0. The smallest absolute Gasteiger partial charge is 0.303 e. The number of aliphatic imine (C=N–C) groups is 2. The zero-order valence-corrected chi connectivity index (χ0v) is 36.9. The van der Waals surface area contributed by atoms with Gasteiger partial charge in [-0.05, 0) is 12.5 Å². The van der Waals surface area contributed by atoms with Gasteiger partial charge in [0.15, 0.2) is 82.4 Å². The van der Waals surface area contributed by atoms with E-state index in [-0.39, 0.29) is 46.5 Å². The van der Waals surface area contributed by atoms with Crippen molar-refractivity contribution in [3.05, 3.63) is 20.7 Å². The monoisotopic (exact) mass is 910 g/mol. The molecule has 2 aliphatic rings. The topological polar surface area (TPSA) is 295 Å². The van der Waals surface area contributed by atoms with Crippen molar-refractivity contribution in [2.75, 3.05) is 36.4 Å². The van der Waals surface area contributed by atoms with Gasteiger partial charge in [0.05, 0.1) is 13.2 Å². The van der Waals surface area contributed by atoms with E-state index in [1.165, 1.54) is 23.2 Å². The maximum absolute atomic E-state index is 13.7. The van der Waals surface area contributed by atoms with Crippen molar-refractivity contribution < 1.29 is 66.7 Å². The van der Waals surface area contributed by atoms with E-state index >= 15 is 0 Å². The Kier molecular flexibility index (Phi) is 17.1. The fourth-order valence-corrected chi connectivity index (χ4v) is 7.23. The summed E-state index contributed by atoms with van der Waals surface area (Å²) in [4.78, 5) is 117. The van der Waals surface area contributed by atoms with Gasteiger partial charge in [-0.1, -0.05) is 23.5 Å². The van der Waals surface area contributed by atoms with Crippen LogP contribution in [0, 0.1) is 0 Å². The quantitative estimate of drug-likeness (QED) is 0.0811. The van der Waals surface area contributed by atoms with Crippen LogP contribution < -0.4 is 21.8 Å². The van der Waals surface area contributed by atoms with Crippen LogP contribution in [0.2, 0.25) is 0 Å².